The van der Waals surface area contributed by atoms with Gasteiger partial charge in [0.05, 0.1) is 6.10 Å². The van der Waals surface area contributed by atoms with E-state index < -0.39 is 42.5 Å². The monoisotopic (exact) mass is 546 g/mol. The number of rotatable bonds is 13. The van der Waals surface area contributed by atoms with Crippen LogP contribution in [0.15, 0.2) is 48.5 Å². The topological polar surface area (TPSA) is 107 Å². The highest BCUT2D eigenvalue weighted by Gasteiger charge is 2.44. The Kier molecular flexibility index (Phi) is 11.7. The molecule has 0 unspecified atom stereocenters. The number of aryl methyl sites for hydroxylation is 1. The fourth-order valence-electron chi connectivity index (χ4n) is 4.12. The van der Waals surface area contributed by atoms with Gasteiger partial charge in [0, 0.05) is 33.8 Å². The molecule has 2 aromatic carbocycles. The Labute approximate surface area is 227 Å². The molecule has 2 aromatic rings. The minimum atomic E-state index is -0.981. The maximum atomic E-state index is 13.0. The molecule has 3 rings (SSSR count). The van der Waals surface area contributed by atoms with Crippen LogP contribution in [0.2, 0.25) is 0 Å². The first-order valence-corrected chi connectivity index (χ1v) is 12.9. The zero-order chi connectivity index (χ0) is 28.2. The summed E-state index contributed by atoms with van der Waals surface area (Å²) in [5.41, 5.74) is 2.02. The summed E-state index contributed by atoms with van der Waals surface area (Å²) in [5.74, 6) is -1.11. The summed E-state index contributed by atoms with van der Waals surface area (Å²) in [6.45, 7) is 4.44. The molecule has 0 aliphatic carbocycles. The van der Waals surface area contributed by atoms with Crippen molar-refractivity contribution in [2.75, 3.05) is 13.2 Å². The third kappa shape index (κ3) is 10.6. The van der Waals surface area contributed by atoms with Crippen molar-refractivity contribution in [1.29, 1.82) is 0 Å². The molecule has 0 bridgehead atoms. The number of benzene rings is 2. The van der Waals surface area contributed by atoms with E-state index in [1.165, 1.54) is 32.9 Å². The molecule has 0 N–H and O–H groups in total. The van der Waals surface area contributed by atoms with E-state index in [0.29, 0.717) is 19.6 Å². The molecule has 1 aliphatic rings. The van der Waals surface area contributed by atoms with Crippen LogP contribution in [0.25, 0.3) is 0 Å². The van der Waals surface area contributed by atoms with Crippen molar-refractivity contribution < 1.29 is 47.2 Å². The van der Waals surface area contributed by atoms with E-state index in [9.17, 15) is 18.8 Å². The lowest BCUT2D eigenvalue weighted by Crippen LogP contribution is -2.54. The van der Waals surface area contributed by atoms with E-state index in [1.54, 1.807) is 12.1 Å². The SMILES string of the molecule is CC(=O)OC[C@@H]1C[C@H](OC(C)=O)[C@@H](OC(C)=O)[C@H](OCCCCc2ccc(OCc3ccc(F)cc3)cc2)O1. The van der Waals surface area contributed by atoms with Crippen molar-refractivity contribution in [1.82, 2.24) is 0 Å². The van der Waals surface area contributed by atoms with Crippen LogP contribution >= 0.6 is 0 Å². The highest BCUT2D eigenvalue weighted by molar-refractivity contribution is 5.67. The summed E-state index contributed by atoms with van der Waals surface area (Å²) < 4.78 is 46.4. The summed E-state index contributed by atoms with van der Waals surface area (Å²) >= 11 is 0. The predicted octanol–water partition coefficient (Wildman–Crippen LogP) is 4.29. The molecular weight excluding hydrogens is 511 g/mol. The average molecular weight is 547 g/mol. The molecule has 0 saturated carbocycles. The van der Waals surface area contributed by atoms with Gasteiger partial charge in [0.25, 0.3) is 0 Å². The van der Waals surface area contributed by atoms with Gasteiger partial charge in [-0.2, -0.15) is 0 Å². The van der Waals surface area contributed by atoms with E-state index in [0.717, 1.165) is 29.7 Å². The first-order chi connectivity index (χ1) is 18.7. The number of halogens is 1. The van der Waals surface area contributed by atoms with Gasteiger partial charge in [0.1, 0.15) is 30.9 Å². The van der Waals surface area contributed by atoms with Crippen LogP contribution in [-0.2, 0) is 51.1 Å². The maximum Gasteiger partial charge on any atom is 0.303 e. The van der Waals surface area contributed by atoms with E-state index in [4.69, 9.17) is 28.4 Å². The molecule has 10 heteroatoms. The van der Waals surface area contributed by atoms with Gasteiger partial charge in [-0.05, 0) is 54.7 Å². The van der Waals surface area contributed by atoms with Crippen molar-refractivity contribution in [3.8, 4) is 5.75 Å². The van der Waals surface area contributed by atoms with Crippen LogP contribution in [0.4, 0.5) is 4.39 Å². The summed E-state index contributed by atoms with van der Waals surface area (Å²) in [6.07, 6.45) is -0.784. The quantitative estimate of drug-likeness (QED) is 0.207. The molecule has 0 spiro atoms. The van der Waals surface area contributed by atoms with Crippen LogP contribution in [0, 0.1) is 5.82 Å². The van der Waals surface area contributed by atoms with Crippen LogP contribution in [0.5, 0.6) is 5.75 Å². The van der Waals surface area contributed by atoms with Crippen molar-refractivity contribution >= 4 is 17.9 Å². The smallest absolute Gasteiger partial charge is 0.303 e. The molecular formula is C29H35FO9. The van der Waals surface area contributed by atoms with Gasteiger partial charge in [-0.3, -0.25) is 14.4 Å². The van der Waals surface area contributed by atoms with Crippen molar-refractivity contribution in [3.05, 3.63) is 65.5 Å². The second-order valence-corrected chi connectivity index (χ2v) is 9.27. The fourth-order valence-corrected chi connectivity index (χ4v) is 4.12. The lowest BCUT2D eigenvalue weighted by atomic mass is 10.0. The Hall–Kier alpha value is -3.50. The van der Waals surface area contributed by atoms with Crippen LogP contribution in [-0.4, -0.2) is 55.7 Å². The van der Waals surface area contributed by atoms with E-state index >= 15 is 0 Å². The van der Waals surface area contributed by atoms with Gasteiger partial charge in [-0.25, -0.2) is 4.39 Å². The highest BCUT2D eigenvalue weighted by atomic mass is 19.1. The second-order valence-electron chi connectivity index (χ2n) is 9.27. The molecule has 9 nitrogen and oxygen atoms in total. The summed E-state index contributed by atoms with van der Waals surface area (Å²) in [7, 11) is 0. The minimum Gasteiger partial charge on any atom is -0.489 e. The highest BCUT2D eigenvalue weighted by Crippen LogP contribution is 2.27. The fraction of sp³-hybridized carbons (Fsp3) is 0.483. The van der Waals surface area contributed by atoms with Crippen LogP contribution in [0.3, 0.4) is 0 Å². The molecule has 1 saturated heterocycles. The van der Waals surface area contributed by atoms with Crippen LogP contribution in [0.1, 0.15) is 51.2 Å². The molecule has 4 atom stereocenters. The number of esters is 3. The normalized spacial score (nSPS) is 20.6. The second kappa shape index (κ2) is 15.2. The largest absolute Gasteiger partial charge is 0.489 e. The van der Waals surface area contributed by atoms with E-state index in [1.807, 2.05) is 24.3 Å². The predicted molar refractivity (Wildman–Crippen MR) is 137 cm³/mol. The number of hydrogen-bond acceptors (Lipinski definition) is 9. The Morgan fingerprint density at radius 3 is 2.18 bits per heavy atom. The Balaban J connectivity index is 1.47. The Bertz CT molecular complexity index is 1070. The number of ether oxygens (including phenoxy) is 6. The third-order valence-electron chi connectivity index (χ3n) is 5.93. The van der Waals surface area contributed by atoms with E-state index in [-0.39, 0.29) is 18.8 Å². The van der Waals surface area contributed by atoms with Crippen molar-refractivity contribution in [3.63, 3.8) is 0 Å². The molecule has 0 aromatic heterocycles. The molecule has 212 valence electrons. The van der Waals surface area contributed by atoms with Gasteiger partial charge in [-0.1, -0.05) is 24.3 Å². The molecule has 1 heterocycles. The lowest BCUT2D eigenvalue weighted by Gasteiger charge is -2.39. The van der Waals surface area contributed by atoms with Gasteiger partial charge in [0.2, 0.25) is 0 Å². The molecule has 39 heavy (non-hydrogen) atoms. The van der Waals surface area contributed by atoms with E-state index in [2.05, 4.69) is 0 Å². The molecule has 1 aliphatic heterocycles. The van der Waals surface area contributed by atoms with Gasteiger partial charge >= 0.3 is 17.9 Å². The molecule has 1 fully saturated rings. The maximum absolute atomic E-state index is 13.0. The van der Waals surface area contributed by atoms with Crippen LogP contribution < -0.4 is 4.74 Å². The van der Waals surface area contributed by atoms with Crippen molar-refractivity contribution in [2.24, 2.45) is 0 Å². The molecule has 0 amide bonds. The van der Waals surface area contributed by atoms with Crippen molar-refractivity contribution in [2.45, 2.75) is 77.7 Å². The van der Waals surface area contributed by atoms with Gasteiger partial charge in [0.15, 0.2) is 12.4 Å². The number of unbranched alkanes of at least 4 members (excludes halogenated alkanes) is 1. The standard InChI is InChI=1S/C29H35FO9/c1-19(31)35-18-26-16-27(37-20(2)32)28(38-21(3)33)29(39-26)34-15-5-4-6-22-9-13-25(14-10-22)36-17-23-7-11-24(30)12-8-23/h7-14,26-29H,4-6,15-18H2,1-3H3/t26-,27-,28+,29+/m0/s1. The summed E-state index contributed by atoms with van der Waals surface area (Å²) in [4.78, 5) is 34.6. The number of carbonyl (C=O) groups excluding carboxylic acids is 3. The number of hydrogen-bond donors (Lipinski definition) is 0. The molecule has 0 radical (unpaired) electrons. The summed E-state index contributed by atoms with van der Waals surface area (Å²) in [5, 5.41) is 0. The van der Waals surface area contributed by atoms with Gasteiger partial charge < -0.3 is 28.4 Å². The Morgan fingerprint density at radius 2 is 1.54 bits per heavy atom. The Morgan fingerprint density at radius 1 is 0.872 bits per heavy atom. The first kappa shape index (κ1) is 30.0. The third-order valence-corrected chi connectivity index (χ3v) is 5.93. The zero-order valence-corrected chi connectivity index (χ0v) is 22.4. The number of carbonyl (C=O) groups is 3. The summed E-state index contributed by atoms with van der Waals surface area (Å²) in [6, 6.07) is 14.0. The lowest BCUT2D eigenvalue weighted by molar-refractivity contribution is -0.279. The average Bonchev–Trinajstić information content (AvgIpc) is 2.88. The van der Waals surface area contributed by atoms with Gasteiger partial charge in [-0.15, -0.1) is 0 Å². The first-order valence-electron chi connectivity index (χ1n) is 12.9. The minimum absolute atomic E-state index is 0.0383. The zero-order valence-electron chi connectivity index (χ0n) is 22.4.